The van der Waals surface area contributed by atoms with Crippen molar-refractivity contribution in [2.24, 2.45) is 23.0 Å². The monoisotopic (exact) mass is 682 g/mol. The van der Waals surface area contributed by atoms with Crippen LogP contribution in [0.3, 0.4) is 0 Å². The van der Waals surface area contributed by atoms with Crippen molar-refractivity contribution in [3.63, 3.8) is 0 Å². The highest BCUT2D eigenvalue weighted by atomic mass is 32.2. The van der Waals surface area contributed by atoms with E-state index in [0.717, 1.165) is 51.4 Å². The van der Waals surface area contributed by atoms with Crippen LogP contribution < -0.4 is 21.7 Å². The third kappa shape index (κ3) is 14.0. The third-order valence-corrected chi connectivity index (χ3v) is 10.1. The summed E-state index contributed by atoms with van der Waals surface area (Å²) in [5.74, 6) is -2.33. The zero-order valence-corrected chi connectivity index (χ0v) is 31.6. The van der Waals surface area contributed by atoms with E-state index in [4.69, 9.17) is 5.73 Å². The molecule has 1 saturated heterocycles. The zero-order valence-electron chi connectivity index (χ0n) is 30.8. The van der Waals surface area contributed by atoms with Crippen molar-refractivity contribution in [1.82, 2.24) is 25.2 Å². The fraction of sp³-hybridized carbons (Fsp3) is 0.857. The first-order valence-electron chi connectivity index (χ1n) is 18.0. The lowest BCUT2D eigenvalue weighted by molar-refractivity contribution is -0.143. The molecule has 1 heterocycles. The van der Waals surface area contributed by atoms with E-state index in [-0.39, 0.29) is 35.2 Å². The molecule has 0 bridgehead atoms. The number of carbonyl (C=O) groups excluding carboxylic acids is 5. The summed E-state index contributed by atoms with van der Waals surface area (Å²) in [6.45, 7) is 15.5. The van der Waals surface area contributed by atoms with Gasteiger partial charge in [0.05, 0.1) is 6.04 Å². The summed E-state index contributed by atoms with van der Waals surface area (Å²) in [6, 6.07) is -3.05. The molecule has 0 aromatic rings. The van der Waals surface area contributed by atoms with Gasteiger partial charge in [-0.3, -0.25) is 23.5 Å². The van der Waals surface area contributed by atoms with Crippen LogP contribution in [0.25, 0.3) is 0 Å². The molecule has 3 fully saturated rings. The summed E-state index contributed by atoms with van der Waals surface area (Å²) in [5, 5.41) is 8.89. The summed E-state index contributed by atoms with van der Waals surface area (Å²) in [4.78, 5) is 66.8. The van der Waals surface area contributed by atoms with Gasteiger partial charge >= 0.3 is 6.03 Å². The van der Waals surface area contributed by atoms with Crippen molar-refractivity contribution >= 4 is 41.5 Å². The van der Waals surface area contributed by atoms with E-state index < -0.39 is 35.7 Å². The van der Waals surface area contributed by atoms with Crippen LogP contribution in [0, 0.1) is 17.3 Å². The molecule has 4 atom stereocenters. The lowest BCUT2D eigenvalue weighted by atomic mass is 9.80. The Morgan fingerprint density at radius 3 is 1.98 bits per heavy atom. The first-order chi connectivity index (χ1) is 22.2. The summed E-state index contributed by atoms with van der Waals surface area (Å²) in [7, 11) is 1.98. The molecule has 47 heavy (non-hydrogen) atoms. The molecule has 12 heteroatoms. The lowest BCUT2D eigenvalue weighted by Gasteiger charge is -2.37. The predicted molar refractivity (Wildman–Crippen MR) is 192 cm³/mol. The minimum absolute atomic E-state index is 0.0222. The first kappa shape index (κ1) is 42.7. The molecular formula is C35H66N6O5S. The number of carbonyl (C=O) groups is 5. The van der Waals surface area contributed by atoms with Crippen molar-refractivity contribution < 1.29 is 24.0 Å². The number of ketones is 1. The van der Waals surface area contributed by atoms with E-state index in [1.807, 2.05) is 27.2 Å². The van der Waals surface area contributed by atoms with E-state index in [1.54, 1.807) is 16.8 Å². The van der Waals surface area contributed by atoms with Crippen LogP contribution >= 0.6 is 11.9 Å². The number of nitrogens with one attached hydrogen (secondary N) is 3. The molecule has 2 saturated carbocycles. The molecule has 272 valence electrons. The number of primary amides is 1. The van der Waals surface area contributed by atoms with Crippen LogP contribution in [0.15, 0.2) is 0 Å². The SMILES string of the molecule is CC.CCC.CSN(C)CC(NC(=O)NC(C(=O)N1CCCC1C(=O)NC(CC1CCC1)C(=O)C(N)=O)C1CCCCC1)C(C)(C)C. The second-order valence-corrected chi connectivity index (χ2v) is 15.1. The molecule has 2 aliphatic carbocycles. The van der Waals surface area contributed by atoms with E-state index in [9.17, 15) is 24.0 Å². The Labute approximate surface area is 289 Å². The molecule has 4 unspecified atom stereocenters. The fourth-order valence-electron chi connectivity index (χ4n) is 6.27. The molecule has 3 rings (SSSR count). The van der Waals surface area contributed by atoms with Crippen molar-refractivity contribution in [2.45, 2.75) is 150 Å². The lowest BCUT2D eigenvalue weighted by Crippen LogP contribution is -2.60. The van der Waals surface area contributed by atoms with Crippen LogP contribution in [-0.2, 0) is 19.2 Å². The maximum Gasteiger partial charge on any atom is 0.315 e. The number of likely N-dealkylation sites (tertiary alicyclic amines) is 1. The molecular weight excluding hydrogens is 616 g/mol. The molecule has 11 nitrogen and oxygen atoms in total. The Hall–Kier alpha value is -2.34. The van der Waals surface area contributed by atoms with Crippen LogP contribution in [0.4, 0.5) is 4.79 Å². The minimum Gasteiger partial charge on any atom is -0.363 e. The predicted octanol–water partition coefficient (Wildman–Crippen LogP) is 5.02. The van der Waals surface area contributed by atoms with Gasteiger partial charge in [0.25, 0.3) is 5.91 Å². The maximum absolute atomic E-state index is 14.1. The van der Waals surface area contributed by atoms with Crippen molar-refractivity contribution in [3.8, 4) is 0 Å². The van der Waals surface area contributed by atoms with Gasteiger partial charge in [0.1, 0.15) is 12.1 Å². The number of nitrogens with zero attached hydrogens (tertiary/aromatic N) is 2. The van der Waals surface area contributed by atoms with E-state index in [1.165, 1.54) is 6.42 Å². The molecule has 0 radical (unpaired) electrons. The fourth-order valence-corrected chi connectivity index (χ4v) is 6.57. The van der Waals surface area contributed by atoms with Gasteiger partial charge in [-0.25, -0.2) is 4.79 Å². The van der Waals surface area contributed by atoms with E-state index in [2.05, 4.69) is 54.9 Å². The Morgan fingerprint density at radius 1 is 0.894 bits per heavy atom. The highest BCUT2D eigenvalue weighted by molar-refractivity contribution is 7.96. The summed E-state index contributed by atoms with van der Waals surface area (Å²) in [5.41, 5.74) is 5.08. The zero-order chi connectivity index (χ0) is 35.7. The largest absolute Gasteiger partial charge is 0.363 e. The number of hydrogen-bond acceptors (Lipinski definition) is 7. The van der Waals surface area contributed by atoms with Crippen LogP contribution in [0.5, 0.6) is 0 Å². The summed E-state index contributed by atoms with van der Waals surface area (Å²) < 4.78 is 2.06. The number of amides is 5. The average Bonchev–Trinajstić information content (AvgIpc) is 3.51. The Balaban J connectivity index is 0.00000208. The van der Waals surface area contributed by atoms with Gasteiger partial charge < -0.3 is 26.6 Å². The minimum atomic E-state index is -1.07. The topological polar surface area (TPSA) is 154 Å². The van der Waals surface area contributed by atoms with Crippen molar-refractivity contribution in [3.05, 3.63) is 0 Å². The molecule has 0 spiro atoms. The maximum atomic E-state index is 14.1. The third-order valence-electron chi connectivity index (χ3n) is 9.28. The number of Topliss-reactive ketones (excluding diaryl/α,β-unsaturated/α-hetero) is 1. The van der Waals surface area contributed by atoms with Gasteiger partial charge in [0.15, 0.2) is 0 Å². The second-order valence-electron chi connectivity index (χ2n) is 14.1. The van der Waals surface area contributed by atoms with Gasteiger partial charge in [-0.2, -0.15) is 0 Å². The quantitative estimate of drug-likeness (QED) is 0.157. The molecule has 0 aromatic carbocycles. The van der Waals surface area contributed by atoms with E-state index in [0.29, 0.717) is 32.4 Å². The Bertz CT molecular complexity index is 995. The highest BCUT2D eigenvalue weighted by Gasteiger charge is 2.42. The molecule has 0 aromatic heterocycles. The number of likely N-dealkylation sites (N-methyl/N-ethyl adjacent to an activating group) is 1. The second kappa shape index (κ2) is 21.6. The van der Waals surface area contributed by atoms with Crippen LogP contribution in [-0.4, -0.2) is 89.3 Å². The number of rotatable bonds is 13. The van der Waals surface area contributed by atoms with Gasteiger partial charge in [0, 0.05) is 19.1 Å². The van der Waals surface area contributed by atoms with Crippen molar-refractivity contribution in [2.75, 3.05) is 26.4 Å². The van der Waals surface area contributed by atoms with Crippen LogP contribution in [0.1, 0.15) is 126 Å². The smallest absolute Gasteiger partial charge is 0.315 e. The molecule has 5 N–H and O–H groups in total. The van der Waals surface area contributed by atoms with E-state index >= 15 is 0 Å². The molecule has 5 amide bonds. The number of hydrogen-bond donors (Lipinski definition) is 4. The Kier molecular flexibility index (Phi) is 19.6. The van der Waals surface area contributed by atoms with Gasteiger partial charge in [-0.1, -0.05) is 105 Å². The van der Waals surface area contributed by atoms with Gasteiger partial charge in [-0.15, -0.1) is 0 Å². The number of nitrogens with two attached hydrogens (primary N) is 1. The van der Waals surface area contributed by atoms with Gasteiger partial charge in [-0.05, 0) is 62.7 Å². The highest BCUT2D eigenvalue weighted by Crippen LogP contribution is 2.32. The molecule has 1 aliphatic heterocycles. The van der Waals surface area contributed by atoms with Crippen LogP contribution in [0.2, 0.25) is 0 Å². The average molecular weight is 683 g/mol. The first-order valence-corrected chi connectivity index (χ1v) is 19.2. The number of urea groups is 1. The van der Waals surface area contributed by atoms with Gasteiger partial charge in [0.2, 0.25) is 17.6 Å². The normalized spacial score (nSPS) is 20.3. The standard InChI is InChI=1S/C30H52N6O5S.C3H8.C2H6/c1-30(2,3)23(18-35(4)42-5)33-29(41)34-24(20-13-7-6-8-14-20)28(40)36-16-10-15-22(36)27(39)32-21(25(37)26(31)38)17-19-11-9-12-19;1-3-2;1-2/h19-24H,6-18H2,1-5H3,(H2,31,38)(H,32,39)(H2,33,34,41);3H2,1-2H3;1-2H3. The summed E-state index contributed by atoms with van der Waals surface area (Å²) >= 11 is 1.59. The summed E-state index contributed by atoms with van der Waals surface area (Å²) in [6.07, 6.45) is 12.4. The van der Waals surface area contributed by atoms with Crippen molar-refractivity contribution in [1.29, 1.82) is 0 Å². The molecule has 3 aliphatic rings. The Morgan fingerprint density at radius 2 is 1.49 bits per heavy atom.